The number of carbonyl (C=O) groups is 1. The van der Waals surface area contributed by atoms with Gasteiger partial charge in [0.05, 0.1) is 12.4 Å². The molecule has 22 heavy (non-hydrogen) atoms. The lowest BCUT2D eigenvalue weighted by Gasteiger charge is -2.30. The molecular weight excluding hydrogens is 276 g/mol. The van der Waals surface area contributed by atoms with E-state index < -0.39 is 5.91 Å². The van der Waals surface area contributed by atoms with Crippen molar-refractivity contribution in [3.05, 3.63) is 54.0 Å². The van der Waals surface area contributed by atoms with Crippen LogP contribution in [0.4, 0.5) is 5.82 Å². The molecule has 1 fully saturated rings. The van der Waals surface area contributed by atoms with Gasteiger partial charge < -0.3 is 11.1 Å². The van der Waals surface area contributed by atoms with Crippen LogP contribution in [0, 0.1) is 0 Å². The number of nitrogens with one attached hydrogen (secondary N) is 1. The van der Waals surface area contributed by atoms with Crippen LogP contribution in [0.5, 0.6) is 0 Å². The van der Waals surface area contributed by atoms with Gasteiger partial charge in [-0.25, -0.2) is 4.98 Å². The van der Waals surface area contributed by atoms with Crippen molar-refractivity contribution in [1.29, 1.82) is 0 Å². The molecule has 1 amide bonds. The Labute approximate surface area is 130 Å². The molecule has 1 saturated carbocycles. The molecule has 2 aromatic rings. The number of hydrogen-bond donors (Lipinski definition) is 2. The van der Waals surface area contributed by atoms with Crippen LogP contribution < -0.4 is 11.1 Å². The Hall–Kier alpha value is -2.43. The minimum atomic E-state index is -0.560. The zero-order chi connectivity index (χ0) is 15.4. The van der Waals surface area contributed by atoms with E-state index in [0.29, 0.717) is 5.82 Å². The third-order valence-corrected chi connectivity index (χ3v) is 4.44. The number of primary amides is 1. The van der Waals surface area contributed by atoms with Crippen LogP contribution in [0.25, 0.3) is 0 Å². The molecule has 3 rings (SSSR count). The molecule has 1 aliphatic rings. The van der Waals surface area contributed by atoms with Crippen LogP contribution in [0.15, 0.2) is 42.7 Å². The maximum atomic E-state index is 11.2. The van der Waals surface area contributed by atoms with Gasteiger partial charge >= 0.3 is 0 Å². The van der Waals surface area contributed by atoms with Crippen molar-refractivity contribution in [3.8, 4) is 0 Å². The van der Waals surface area contributed by atoms with E-state index in [9.17, 15) is 4.79 Å². The van der Waals surface area contributed by atoms with Crippen molar-refractivity contribution < 1.29 is 4.79 Å². The largest absolute Gasteiger partial charge is 0.368 e. The normalized spacial score (nSPS) is 16.4. The molecule has 114 valence electrons. The highest BCUT2D eigenvalue weighted by atomic mass is 16.1. The second-order valence-corrected chi connectivity index (χ2v) is 5.86. The Morgan fingerprint density at radius 1 is 1.18 bits per heavy atom. The summed E-state index contributed by atoms with van der Waals surface area (Å²) in [7, 11) is 0. The summed E-state index contributed by atoms with van der Waals surface area (Å²) in [6, 6.07) is 10.6. The number of nitrogens with zero attached hydrogens (tertiary/aromatic N) is 2. The third kappa shape index (κ3) is 2.93. The summed E-state index contributed by atoms with van der Waals surface area (Å²) in [4.78, 5) is 19.4. The minimum Gasteiger partial charge on any atom is -0.368 e. The number of aromatic nitrogens is 2. The quantitative estimate of drug-likeness (QED) is 0.888. The standard InChI is InChI=1S/C17H20N4O/c18-16(22)14-10-19-11-15(21-14)20-12-17(8-4-5-9-17)13-6-2-1-3-7-13/h1-3,6-7,10-11H,4-5,8-9,12H2,(H2,18,22)(H,20,21). The Bertz CT molecular complexity index is 651. The highest BCUT2D eigenvalue weighted by molar-refractivity contribution is 5.90. The zero-order valence-corrected chi connectivity index (χ0v) is 12.5. The van der Waals surface area contributed by atoms with E-state index in [-0.39, 0.29) is 11.1 Å². The first kappa shape index (κ1) is 14.5. The van der Waals surface area contributed by atoms with E-state index >= 15 is 0 Å². The fraction of sp³-hybridized carbons (Fsp3) is 0.353. The van der Waals surface area contributed by atoms with Gasteiger partial charge in [-0.2, -0.15) is 0 Å². The maximum absolute atomic E-state index is 11.2. The lowest BCUT2D eigenvalue weighted by Crippen LogP contribution is -2.31. The van der Waals surface area contributed by atoms with Gasteiger partial charge in [-0.1, -0.05) is 43.2 Å². The molecule has 3 N–H and O–H groups in total. The molecule has 1 aliphatic carbocycles. The molecule has 0 aliphatic heterocycles. The monoisotopic (exact) mass is 296 g/mol. The molecule has 5 heteroatoms. The first-order valence-electron chi connectivity index (χ1n) is 7.61. The van der Waals surface area contributed by atoms with Gasteiger partial charge in [0.15, 0.2) is 0 Å². The number of benzene rings is 1. The molecule has 0 atom stereocenters. The topological polar surface area (TPSA) is 80.9 Å². The number of amides is 1. The van der Waals surface area contributed by atoms with Crippen molar-refractivity contribution in [2.45, 2.75) is 31.1 Å². The van der Waals surface area contributed by atoms with Crippen LogP contribution >= 0.6 is 0 Å². The number of hydrogen-bond acceptors (Lipinski definition) is 4. The molecule has 0 spiro atoms. The molecule has 0 radical (unpaired) electrons. The summed E-state index contributed by atoms with van der Waals surface area (Å²) in [6.07, 6.45) is 7.81. The highest BCUT2D eigenvalue weighted by Gasteiger charge is 2.35. The van der Waals surface area contributed by atoms with Crippen molar-refractivity contribution in [1.82, 2.24) is 9.97 Å². The van der Waals surface area contributed by atoms with Gasteiger partial charge in [0.25, 0.3) is 5.91 Å². The SMILES string of the molecule is NC(=O)c1cncc(NCC2(c3ccccc3)CCCC2)n1. The van der Waals surface area contributed by atoms with Crippen LogP contribution in [-0.4, -0.2) is 22.4 Å². The lowest BCUT2D eigenvalue weighted by molar-refractivity contribution is 0.0995. The minimum absolute atomic E-state index is 0.131. The smallest absolute Gasteiger partial charge is 0.268 e. The average Bonchev–Trinajstić information content (AvgIpc) is 3.04. The van der Waals surface area contributed by atoms with E-state index in [0.717, 1.165) is 19.4 Å². The van der Waals surface area contributed by atoms with Gasteiger partial charge in [-0.05, 0) is 18.4 Å². The van der Waals surface area contributed by atoms with Crippen molar-refractivity contribution in [2.24, 2.45) is 5.73 Å². The Morgan fingerprint density at radius 3 is 2.59 bits per heavy atom. The molecule has 5 nitrogen and oxygen atoms in total. The second kappa shape index (κ2) is 6.13. The van der Waals surface area contributed by atoms with E-state index in [1.807, 2.05) is 6.07 Å². The predicted molar refractivity (Wildman–Crippen MR) is 85.6 cm³/mol. The Kier molecular flexibility index (Phi) is 4.04. The number of anilines is 1. The molecule has 0 saturated heterocycles. The van der Waals surface area contributed by atoms with Gasteiger partial charge in [0.2, 0.25) is 0 Å². The van der Waals surface area contributed by atoms with Crippen LogP contribution in [-0.2, 0) is 5.41 Å². The van der Waals surface area contributed by atoms with Gasteiger partial charge in [-0.3, -0.25) is 9.78 Å². The van der Waals surface area contributed by atoms with Crippen molar-refractivity contribution in [2.75, 3.05) is 11.9 Å². The van der Waals surface area contributed by atoms with E-state index in [1.165, 1.54) is 24.6 Å². The molecule has 1 aromatic carbocycles. The van der Waals surface area contributed by atoms with E-state index in [1.54, 1.807) is 6.20 Å². The van der Waals surface area contributed by atoms with Crippen LogP contribution in [0.1, 0.15) is 41.7 Å². The van der Waals surface area contributed by atoms with Gasteiger partial charge in [0.1, 0.15) is 11.5 Å². The molecule has 0 bridgehead atoms. The molecular formula is C17H20N4O. The lowest BCUT2D eigenvalue weighted by atomic mass is 9.79. The number of rotatable bonds is 5. The molecule has 1 aromatic heterocycles. The summed E-state index contributed by atoms with van der Waals surface area (Å²) in [6.45, 7) is 0.786. The number of carbonyl (C=O) groups excluding carboxylic acids is 1. The summed E-state index contributed by atoms with van der Waals surface area (Å²) < 4.78 is 0. The molecule has 1 heterocycles. The summed E-state index contributed by atoms with van der Waals surface area (Å²) >= 11 is 0. The van der Waals surface area contributed by atoms with Gasteiger partial charge in [-0.15, -0.1) is 0 Å². The average molecular weight is 296 g/mol. The highest BCUT2D eigenvalue weighted by Crippen LogP contribution is 2.41. The third-order valence-electron chi connectivity index (χ3n) is 4.44. The van der Waals surface area contributed by atoms with Gasteiger partial charge in [0, 0.05) is 12.0 Å². The summed E-state index contributed by atoms with van der Waals surface area (Å²) in [5.74, 6) is 0.0355. The first-order chi connectivity index (χ1) is 10.7. The van der Waals surface area contributed by atoms with E-state index in [2.05, 4.69) is 39.6 Å². The Balaban J connectivity index is 1.78. The van der Waals surface area contributed by atoms with Crippen molar-refractivity contribution in [3.63, 3.8) is 0 Å². The maximum Gasteiger partial charge on any atom is 0.268 e. The molecule has 0 unspecified atom stereocenters. The second-order valence-electron chi connectivity index (χ2n) is 5.86. The van der Waals surface area contributed by atoms with Crippen molar-refractivity contribution >= 4 is 11.7 Å². The fourth-order valence-electron chi connectivity index (χ4n) is 3.24. The Morgan fingerprint density at radius 2 is 1.91 bits per heavy atom. The van der Waals surface area contributed by atoms with Crippen LogP contribution in [0.3, 0.4) is 0 Å². The van der Waals surface area contributed by atoms with E-state index in [4.69, 9.17) is 5.73 Å². The summed E-state index contributed by atoms with van der Waals surface area (Å²) in [5, 5.41) is 3.34. The predicted octanol–water partition coefficient (Wildman–Crippen LogP) is 2.50. The van der Waals surface area contributed by atoms with Crippen LogP contribution in [0.2, 0.25) is 0 Å². The number of nitrogens with two attached hydrogens (primary N) is 1. The summed E-state index contributed by atoms with van der Waals surface area (Å²) in [5.41, 5.74) is 6.92. The fourth-order valence-corrected chi connectivity index (χ4v) is 3.24. The zero-order valence-electron chi connectivity index (χ0n) is 12.5. The first-order valence-corrected chi connectivity index (χ1v) is 7.61.